The largest absolute Gasteiger partial charge is 0.488 e. The Morgan fingerprint density at radius 1 is 0.403 bits per heavy atom. The first-order valence-electron chi connectivity index (χ1n) is 25.1. The summed E-state index contributed by atoms with van der Waals surface area (Å²) in [6.07, 6.45) is 1.94. The second-order valence-corrected chi connectivity index (χ2v) is 19.7. The molecule has 0 unspecified atom stereocenters. The van der Waals surface area contributed by atoms with E-state index in [2.05, 4.69) is 233 Å². The number of carbonyl (C=O) groups excluding carboxylic acids is 1. The highest BCUT2D eigenvalue weighted by molar-refractivity contribution is 6.09. The number of benzene rings is 10. The first-order chi connectivity index (χ1) is 35.0. The van der Waals surface area contributed by atoms with E-state index in [0.717, 1.165) is 69.2 Å². The summed E-state index contributed by atoms with van der Waals surface area (Å²) in [7, 11) is 0. The Hall–Kier alpha value is -8.41. The number of hydrogen-bond donors (Lipinski definition) is 0. The van der Waals surface area contributed by atoms with E-state index in [1.165, 1.54) is 21.7 Å². The summed E-state index contributed by atoms with van der Waals surface area (Å²) in [6, 6.07) is 79.7. The molecule has 0 bridgehead atoms. The molecule has 0 spiro atoms. The Balaban J connectivity index is 0.912. The van der Waals surface area contributed by atoms with Crippen molar-refractivity contribution < 1.29 is 14.3 Å². The lowest BCUT2D eigenvalue weighted by molar-refractivity contribution is 0.103. The van der Waals surface area contributed by atoms with Gasteiger partial charge in [-0.05, 0) is 169 Å². The molecule has 0 saturated heterocycles. The highest BCUT2D eigenvalue weighted by Crippen LogP contribution is 2.43. The first kappa shape index (κ1) is 47.3. The van der Waals surface area contributed by atoms with Crippen LogP contribution in [0.5, 0.6) is 17.2 Å². The van der Waals surface area contributed by atoms with Crippen molar-refractivity contribution >= 4 is 61.5 Å². The minimum Gasteiger partial charge on any atom is -0.488 e. The molecule has 0 heterocycles. The molecule has 10 aromatic rings. The first-order valence-corrected chi connectivity index (χ1v) is 25.1. The Morgan fingerprint density at radius 3 is 1.21 bits per heavy atom. The van der Waals surface area contributed by atoms with Crippen molar-refractivity contribution in [2.24, 2.45) is 0 Å². The van der Waals surface area contributed by atoms with Crippen LogP contribution in [-0.4, -0.2) is 11.4 Å². The van der Waals surface area contributed by atoms with Crippen molar-refractivity contribution in [1.82, 2.24) is 0 Å². The van der Waals surface area contributed by atoms with E-state index in [1.807, 2.05) is 48.5 Å². The Bertz CT molecular complexity index is 3460. The van der Waals surface area contributed by atoms with Gasteiger partial charge in [0.15, 0.2) is 5.78 Å². The van der Waals surface area contributed by atoms with Crippen LogP contribution in [0.15, 0.2) is 231 Å². The number of ether oxygens (including phenoxy) is 2. The van der Waals surface area contributed by atoms with Gasteiger partial charge in [0.1, 0.15) is 22.8 Å². The zero-order valence-electron chi connectivity index (χ0n) is 42.0. The van der Waals surface area contributed by atoms with E-state index in [1.54, 1.807) is 0 Å². The average Bonchev–Trinajstić information content (AvgIpc) is 3.42. The second-order valence-electron chi connectivity index (χ2n) is 19.7. The van der Waals surface area contributed by atoms with E-state index in [9.17, 15) is 4.79 Å². The molecule has 0 aliphatic rings. The van der Waals surface area contributed by atoms with E-state index in [-0.39, 0.29) is 16.8 Å². The Morgan fingerprint density at radius 2 is 0.778 bits per heavy atom. The third kappa shape index (κ3) is 9.97. The fourth-order valence-electron chi connectivity index (χ4n) is 9.24. The van der Waals surface area contributed by atoms with Crippen molar-refractivity contribution in [3.63, 3.8) is 0 Å². The van der Waals surface area contributed by atoms with Gasteiger partial charge in [-0.3, -0.25) is 4.79 Å². The molecule has 5 heteroatoms. The van der Waals surface area contributed by atoms with Crippen LogP contribution in [0.1, 0.15) is 75.9 Å². The lowest BCUT2D eigenvalue weighted by Gasteiger charge is -2.28. The second kappa shape index (κ2) is 20.1. The molecule has 0 saturated carbocycles. The maximum atomic E-state index is 13.4. The fraction of sp³-hybridized carbons (Fsp3) is 0.149. The van der Waals surface area contributed by atoms with Gasteiger partial charge in [-0.15, -0.1) is 0 Å². The molecule has 5 nitrogen and oxygen atoms in total. The molecule has 0 atom stereocenters. The third-order valence-corrected chi connectivity index (χ3v) is 14.2. The molecule has 0 aliphatic heterocycles. The summed E-state index contributed by atoms with van der Waals surface area (Å²) in [4.78, 5) is 18.0. The number of anilines is 6. The summed E-state index contributed by atoms with van der Waals surface area (Å²) >= 11 is 0. The molecule has 0 radical (unpaired) electrons. The Labute approximate surface area is 424 Å². The van der Waals surface area contributed by atoms with Crippen LogP contribution < -0.4 is 19.3 Å². The molecular weight excluding hydrogens is 881 g/mol. The molecule has 0 aromatic heterocycles. The van der Waals surface area contributed by atoms with Crippen LogP contribution in [0, 0.1) is 0 Å². The number of ketones is 1. The van der Waals surface area contributed by atoms with Gasteiger partial charge < -0.3 is 19.3 Å². The van der Waals surface area contributed by atoms with Crippen LogP contribution in [0.3, 0.4) is 0 Å². The topological polar surface area (TPSA) is 42.0 Å². The smallest absolute Gasteiger partial charge is 0.193 e. The van der Waals surface area contributed by atoms with E-state index in [4.69, 9.17) is 9.47 Å². The van der Waals surface area contributed by atoms with Crippen LogP contribution in [0.25, 0.3) is 32.7 Å². The van der Waals surface area contributed by atoms with Crippen LogP contribution in [-0.2, 0) is 5.41 Å². The molecule has 0 N–H and O–H groups in total. The summed E-state index contributed by atoms with van der Waals surface area (Å²) in [5, 5.41) is 4.68. The van der Waals surface area contributed by atoms with Crippen molar-refractivity contribution in [2.75, 3.05) is 9.80 Å². The van der Waals surface area contributed by atoms with Gasteiger partial charge in [0.05, 0.1) is 11.4 Å². The van der Waals surface area contributed by atoms with Gasteiger partial charge in [0, 0.05) is 44.6 Å². The monoisotopic (exact) mass is 940 g/mol. The highest BCUT2D eigenvalue weighted by atomic mass is 16.5. The standard InChI is InChI=1S/C67H60N2O3/c1-7-66(3,4)53-31-23-51(24-32-53)65(70)52-29-41-58(42-30-52)71-59-43-37-56(38-44-59)68(63-21-13-17-49-15-9-11-19-61(49)63)54-33-25-47(26-34-54)48-27-35-55(36-28-48)69(64-22-14-18-50-16-10-12-20-62(50)64)57-39-45-60(46-40-57)72-67(5,6)8-2/h9-46H,7-8H2,1-6H3. The molecule has 0 aliphatic carbocycles. The fourth-order valence-corrected chi connectivity index (χ4v) is 9.24. The SMILES string of the molecule is CCC(C)(C)Oc1ccc(N(c2ccc(-c3ccc(N(c4ccc(Oc5ccc(C(=O)c6ccc(C(C)(C)CC)cc6)cc5)cc4)c4cccc5ccccc45)cc3)cc2)c2cccc3ccccc23)cc1. The number of fused-ring (bicyclic) bond motifs is 2. The zero-order chi connectivity index (χ0) is 49.8. The van der Waals surface area contributed by atoms with Crippen LogP contribution in [0.2, 0.25) is 0 Å². The minimum absolute atomic E-state index is 0.00826. The maximum Gasteiger partial charge on any atom is 0.193 e. The van der Waals surface area contributed by atoms with E-state index in [0.29, 0.717) is 22.6 Å². The van der Waals surface area contributed by atoms with Gasteiger partial charge in [-0.25, -0.2) is 0 Å². The van der Waals surface area contributed by atoms with Crippen LogP contribution >= 0.6 is 0 Å². The molecule has 10 aromatic carbocycles. The number of rotatable bonds is 16. The molecule has 0 fully saturated rings. The molecule has 72 heavy (non-hydrogen) atoms. The molecular formula is C67H60N2O3. The quantitative estimate of drug-likeness (QED) is 0.0903. The van der Waals surface area contributed by atoms with Crippen LogP contribution in [0.4, 0.5) is 34.1 Å². The number of carbonyl (C=O) groups is 1. The summed E-state index contributed by atoms with van der Waals surface area (Å²) < 4.78 is 12.7. The van der Waals surface area contributed by atoms with Gasteiger partial charge >= 0.3 is 0 Å². The number of nitrogens with zero attached hydrogens (tertiary/aromatic N) is 2. The van der Waals surface area contributed by atoms with Crippen molar-refractivity contribution in [3.8, 4) is 28.4 Å². The van der Waals surface area contributed by atoms with Gasteiger partial charge in [0.2, 0.25) is 0 Å². The lowest BCUT2D eigenvalue weighted by atomic mass is 9.82. The summed E-state index contributed by atoms with van der Waals surface area (Å²) in [6.45, 7) is 13.0. The van der Waals surface area contributed by atoms with Crippen molar-refractivity contribution in [1.29, 1.82) is 0 Å². The lowest BCUT2D eigenvalue weighted by Crippen LogP contribution is -2.26. The molecule has 0 amide bonds. The molecule has 356 valence electrons. The van der Waals surface area contributed by atoms with Crippen molar-refractivity contribution in [2.45, 2.75) is 65.4 Å². The van der Waals surface area contributed by atoms with E-state index < -0.39 is 0 Å². The van der Waals surface area contributed by atoms with Crippen molar-refractivity contribution in [3.05, 3.63) is 247 Å². The third-order valence-electron chi connectivity index (χ3n) is 14.2. The van der Waals surface area contributed by atoms with E-state index >= 15 is 0 Å². The van der Waals surface area contributed by atoms with Gasteiger partial charge in [-0.1, -0.05) is 149 Å². The predicted octanol–water partition coefficient (Wildman–Crippen LogP) is 18.9. The maximum absolute atomic E-state index is 13.4. The summed E-state index contributed by atoms with van der Waals surface area (Å²) in [5.74, 6) is 2.20. The minimum atomic E-state index is -0.248. The normalized spacial score (nSPS) is 11.6. The highest BCUT2D eigenvalue weighted by Gasteiger charge is 2.22. The predicted molar refractivity (Wildman–Crippen MR) is 301 cm³/mol. The number of hydrogen-bond acceptors (Lipinski definition) is 5. The summed E-state index contributed by atoms with van der Waals surface area (Å²) in [5.41, 5.74) is 10.9. The molecule has 10 rings (SSSR count). The zero-order valence-corrected chi connectivity index (χ0v) is 42.0. The Kier molecular flexibility index (Phi) is 13.2. The van der Waals surface area contributed by atoms with Gasteiger partial charge in [0.25, 0.3) is 0 Å². The average molecular weight is 941 g/mol. The van der Waals surface area contributed by atoms with Gasteiger partial charge in [-0.2, -0.15) is 0 Å².